The number of benzene rings is 1. The molecule has 0 amide bonds. The monoisotopic (exact) mass is 390 g/mol. The van der Waals surface area contributed by atoms with Crippen LogP contribution < -0.4 is 10.9 Å². The zero-order chi connectivity index (χ0) is 18.3. The zero-order valence-electron chi connectivity index (χ0n) is 14.0. The maximum Gasteiger partial charge on any atom is 0.292 e. The molecule has 0 aliphatic carbocycles. The summed E-state index contributed by atoms with van der Waals surface area (Å²) >= 11 is 12.5. The molecule has 1 N–H and O–H groups in total. The smallest absolute Gasteiger partial charge is 0.292 e. The molecule has 2 aromatic heterocycles. The minimum atomic E-state index is -0.395. The predicted molar refractivity (Wildman–Crippen MR) is 100 cm³/mol. The molecule has 3 aromatic rings. The minimum absolute atomic E-state index is 0.0982. The molecule has 1 aromatic carbocycles. The quantitative estimate of drug-likeness (QED) is 0.743. The van der Waals surface area contributed by atoms with E-state index in [0.29, 0.717) is 22.9 Å². The largest absolute Gasteiger partial charge is 0.378 e. The molecule has 9 heteroatoms. The maximum atomic E-state index is 12.6. The van der Waals surface area contributed by atoms with Gasteiger partial charge < -0.3 is 5.32 Å². The molecule has 3 heterocycles. The molecule has 134 valence electrons. The number of aryl methyl sites for hydroxylation is 2. The molecule has 1 unspecified atom stereocenters. The number of aromatic nitrogens is 5. The SMILES string of the molecule is Cc1ccc(-n2ncc(NC3CCc4ncnn4C3)c(Cl)c2=O)cc1Cl. The Balaban J connectivity index is 1.60. The van der Waals surface area contributed by atoms with E-state index in [1.165, 1.54) is 4.68 Å². The van der Waals surface area contributed by atoms with Gasteiger partial charge in [0.25, 0.3) is 5.56 Å². The third-order valence-corrected chi connectivity index (χ3v) is 5.26. The summed E-state index contributed by atoms with van der Waals surface area (Å²) < 4.78 is 3.10. The molecule has 1 aliphatic rings. The first-order valence-electron chi connectivity index (χ1n) is 8.20. The van der Waals surface area contributed by atoms with Crippen LogP contribution in [0.5, 0.6) is 0 Å². The van der Waals surface area contributed by atoms with E-state index in [9.17, 15) is 4.79 Å². The fourth-order valence-electron chi connectivity index (χ4n) is 3.01. The molecular formula is C17H16Cl2N6O. The van der Waals surface area contributed by atoms with Gasteiger partial charge in [0.15, 0.2) is 0 Å². The molecule has 26 heavy (non-hydrogen) atoms. The first-order chi connectivity index (χ1) is 12.5. The van der Waals surface area contributed by atoms with Gasteiger partial charge in [-0.2, -0.15) is 14.9 Å². The summed E-state index contributed by atoms with van der Waals surface area (Å²) in [5, 5.41) is 12.4. The van der Waals surface area contributed by atoms with E-state index in [1.54, 1.807) is 24.7 Å². The highest BCUT2D eigenvalue weighted by atomic mass is 35.5. The summed E-state index contributed by atoms with van der Waals surface area (Å²) in [6.45, 7) is 2.56. The molecule has 0 fully saturated rings. The standard InChI is InChI=1S/C17H16Cl2N6O/c1-10-2-4-12(6-13(10)18)25-17(26)16(19)14(7-21-25)23-11-3-5-15-20-9-22-24(15)8-11/h2,4,6-7,9,11,23H,3,5,8H2,1H3. The number of hydrogen-bond donors (Lipinski definition) is 1. The van der Waals surface area contributed by atoms with Crippen LogP contribution in [0.15, 0.2) is 35.5 Å². The van der Waals surface area contributed by atoms with E-state index in [0.717, 1.165) is 24.2 Å². The fourth-order valence-corrected chi connectivity index (χ4v) is 3.36. The number of hydrogen-bond acceptors (Lipinski definition) is 5. The van der Waals surface area contributed by atoms with Crippen molar-refractivity contribution in [3.63, 3.8) is 0 Å². The average molecular weight is 391 g/mol. The van der Waals surface area contributed by atoms with Crippen LogP contribution >= 0.6 is 23.2 Å². The van der Waals surface area contributed by atoms with Crippen LogP contribution in [0, 0.1) is 6.92 Å². The first-order valence-corrected chi connectivity index (χ1v) is 8.96. The second kappa shape index (κ2) is 6.74. The van der Waals surface area contributed by atoms with E-state index in [2.05, 4.69) is 20.5 Å². The van der Waals surface area contributed by atoms with Gasteiger partial charge >= 0.3 is 0 Å². The second-order valence-electron chi connectivity index (χ2n) is 6.26. The Kier molecular flexibility index (Phi) is 4.42. The van der Waals surface area contributed by atoms with Crippen molar-refractivity contribution in [2.45, 2.75) is 32.4 Å². The summed E-state index contributed by atoms with van der Waals surface area (Å²) in [4.78, 5) is 16.9. The zero-order valence-corrected chi connectivity index (χ0v) is 15.5. The van der Waals surface area contributed by atoms with E-state index in [4.69, 9.17) is 23.2 Å². The Morgan fingerprint density at radius 2 is 2.12 bits per heavy atom. The average Bonchev–Trinajstić information content (AvgIpc) is 3.09. The van der Waals surface area contributed by atoms with Crippen molar-refractivity contribution >= 4 is 28.9 Å². The second-order valence-corrected chi connectivity index (χ2v) is 7.05. The number of fused-ring (bicyclic) bond motifs is 1. The lowest BCUT2D eigenvalue weighted by Gasteiger charge is -2.24. The molecule has 1 aliphatic heterocycles. The van der Waals surface area contributed by atoms with Gasteiger partial charge in [-0.1, -0.05) is 29.3 Å². The molecule has 0 saturated carbocycles. The number of anilines is 1. The van der Waals surface area contributed by atoms with Crippen LogP contribution in [0.25, 0.3) is 5.69 Å². The van der Waals surface area contributed by atoms with E-state index < -0.39 is 5.56 Å². The van der Waals surface area contributed by atoms with Gasteiger partial charge in [-0.05, 0) is 31.0 Å². The molecule has 0 bridgehead atoms. The topological polar surface area (TPSA) is 77.6 Å². The van der Waals surface area contributed by atoms with Crippen molar-refractivity contribution in [1.82, 2.24) is 24.5 Å². The van der Waals surface area contributed by atoms with Gasteiger partial charge in [-0.3, -0.25) is 4.79 Å². The lowest BCUT2D eigenvalue weighted by Crippen LogP contribution is -2.33. The molecule has 0 spiro atoms. The van der Waals surface area contributed by atoms with E-state index >= 15 is 0 Å². The number of nitrogens with one attached hydrogen (secondary N) is 1. The Morgan fingerprint density at radius 3 is 2.92 bits per heavy atom. The summed E-state index contributed by atoms with van der Waals surface area (Å²) in [6.07, 6.45) is 4.82. The van der Waals surface area contributed by atoms with Gasteiger partial charge in [-0.15, -0.1) is 0 Å². The Hall–Kier alpha value is -2.38. The molecule has 1 atom stereocenters. The highest BCUT2D eigenvalue weighted by molar-refractivity contribution is 6.33. The highest BCUT2D eigenvalue weighted by Crippen LogP contribution is 2.23. The summed E-state index contributed by atoms with van der Waals surface area (Å²) in [5.41, 5.74) is 1.62. The van der Waals surface area contributed by atoms with Crippen molar-refractivity contribution in [2.24, 2.45) is 0 Å². The number of halogens is 2. The molecule has 7 nitrogen and oxygen atoms in total. The van der Waals surface area contributed by atoms with Crippen LogP contribution in [0.1, 0.15) is 17.8 Å². The maximum absolute atomic E-state index is 12.6. The summed E-state index contributed by atoms with van der Waals surface area (Å²) in [5.74, 6) is 0.971. The van der Waals surface area contributed by atoms with Gasteiger partial charge in [0.1, 0.15) is 17.2 Å². The number of rotatable bonds is 3. The van der Waals surface area contributed by atoms with Crippen LogP contribution in [-0.2, 0) is 13.0 Å². The first kappa shape index (κ1) is 17.1. The minimum Gasteiger partial charge on any atom is -0.378 e. The summed E-state index contributed by atoms with van der Waals surface area (Å²) in [7, 11) is 0. The normalized spacial score (nSPS) is 16.3. The van der Waals surface area contributed by atoms with Crippen molar-refractivity contribution in [3.8, 4) is 5.69 Å². The molecule has 0 saturated heterocycles. The van der Waals surface area contributed by atoms with Crippen LogP contribution in [0.2, 0.25) is 10.0 Å². The highest BCUT2D eigenvalue weighted by Gasteiger charge is 2.21. The van der Waals surface area contributed by atoms with Gasteiger partial charge in [-0.25, -0.2) is 9.67 Å². The van der Waals surface area contributed by atoms with Crippen molar-refractivity contribution in [3.05, 3.63) is 62.5 Å². The molecule has 0 radical (unpaired) electrons. The fraction of sp³-hybridized carbons (Fsp3) is 0.294. The van der Waals surface area contributed by atoms with Crippen molar-refractivity contribution in [2.75, 3.05) is 5.32 Å². The lowest BCUT2D eigenvalue weighted by atomic mass is 10.1. The predicted octanol–water partition coefficient (Wildman–Crippen LogP) is 2.87. The number of nitrogens with zero attached hydrogens (tertiary/aromatic N) is 5. The Morgan fingerprint density at radius 1 is 1.27 bits per heavy atom. The van der Waals surface area contributed by atoms with Crippen molar-refractivity contribution < 1.29 is 0 Å². The van der Waals surface area contributed by atoms with Crippen LogP contribution in [-0.4, -0.2) is 30.6 Å². The van der Waals surface area contributed by atoms with E-state index in [1.807, 2.05) is 17.7 Å². The Bertz CT molecular complexity index is 1030. The van der Waals surface area contributed by atoms with E-state index in [-0.39, 0.29) is 11.1 Å². The van der Waals surface area contributed by atoms with Crippen LogP contribution in [0.3, 0.4) is 0 Å². The Labute approximate surface area is 159 Å². The van der Waals surface area contributed by atoms with Crippen molar-refractivity contribution in [1.29, 1.82) is 0 Å². The third kappa shape index (κ3) is 3.08. The molecule has 4 rings (SSSR count). The lowest BCUT2D eigenvalue weighted by molar-refractivity contribution is 0.441. The van der Waals surface area contributed by atoms with Gasteiger partial charge in [0, 0.05) is 17.5 Å². The summed E-state index contributed by atoms with van der Waals surface area (Å²) in [6, 6.07) is 5.42. The third-order valence-electron chi connectivity index (χ3n) is 4.48. The van der Waals surface area contributed by atoms with Gasteiger partial charge in [0.05, 0.1) is 24.1 Å². The van der Waals surface area contributed by atoms with Crippen LogP contribution in [0.4, 0.5) is 5.69 Å². The molecular weight excluding hydrogens is 375 g/mol. The van der Waals surface area contributed by atoms with Gasteiger partial charge in [0.2, 0.25) is 0 Å².